The molecule has 0 aromatic rings. The van der Waals surface area contributed by atoms with E-state index in [0.29, 0.717) is 5.41 Å². The van der Waals surface area contributed by atoms with E-state index in [1.807, 2.05) is 6.92 Å². The van der Waals surface area contributed by atoms with E-state index < -0.39 is 0 Å². The minimum absolute atomic E-state index is 0.162. The third kappa shape index (κ3) is 3.25. The van der Waals surface area contributed by atoms with Crippen molar-refractivity contribution in [2.45, 2.75) is 58.5 Å². The van der Waals surface area contributed by atoms with E-state index in [4.69, 9.17) is 0 Å². The molecule has 84 valence electrons. The maximum Gasteiger partial charge on any atom is 0.0662 e. The van der Waals surface area contributed by atoms with E-state index in [1.165, 1.54) is 32.1 Å². The third-order valence-corrected chi connectivity index (χ3v) is 3.77. The molecule has 0 saturated heterocycles. The van der Waals surface area contributed by atoms with Gasteiger partial charge in [-0.15, -0.1) is 0 Å². The second-order valence-electron chi connectivity index (χ2n) is 4.75. The van der Waals surface area contributed by atoms with E-state index in [2.05, 4.69) is 12.2 Å². The molecule has 1 fully saturated rings. The highest BCUT2D eigenvalue weighted by atomic mass is 16.3. The standard InChI is InChI=1S/C12H25NO/c1-3-11(14)9-13-10-12(4-2)7-5-6-8-12/h11,13-14H,3-10H2,1-2H3. The summed E-state index contributed by atoms with van der Waals surface area (Å²) in [6.07, 6.45) is 7.51. The van der Waals surface area contributed by atoms with Crippen LogP contribution in [0.25, 0.3) is 0 Å². The fraction of sp³-hybridized carbons (Fsp3) is 1.00. The molecule has 0 aromatic heterocycles. The zero-order valence-corrected chi connectivity index (χ0v) is 9.68. The minimum Gasteiger partial charge on any atom is -0.392 e. The lowest BCUT2D eigenvalue weighted by Gasteiger charge is -2.28. The van der Waals surface area contributed by atoms with Crippen molar-refractivity contribution < 1.29 is 5.11 Å². The first kappa shape index (κ1) is 12.0. The zero-order chi connectivity index (χ0) is 10.4. The lowest BCUT2D eigenvalue weighted by Crippen LogP contribution is -2.36. The first-order valence-electron chi connectivity index (χ1n) is 6.11. The lowest BCUT2D eigenvalue weighted by atomic mass is 9.83. The number of aliphatic hydroxyl groups excluding tert-OH is 1. The first-order chi connectivity index (χ1) is 6.72. The number of hydrogen-bond donors (Lipinski definition) is 2. The average molecular weight is 199 g/mol. The van der Waals surface area contributed by atoms with Crippen LogP contribution in [0.5, 0.6) is 0 Å². The molecule has 0 radical (unpaired) electrons. The van der Waals surface area contributed by atoms with Gasteiger partial charge in [0.15, 0.2) is 0 Å². The van der Waals surface area contributed by atoms with Crippen molar-refractivity contribution >= 4 is 0 Å². The summed E-state index contributed by atoms with van der Waals surface area (Å²) in [6, 6.07) is 0. The van der Waals surface area contributed by atoms with Gasteiger partial charge < -0.3 is 10.4 Å². The van der Waals surface area contributed by atoms with Crippen molar-refractivity contribution in [2.75, 3.05) is 13.1 Å². The van der Waals surface area contributed by atoms with E-state index in [9.17, 15) is 5.11 Å². The second-order valence-corrected chi connectivity index (χ2v) is 4.75. The van der Waals surface area contributed by atoms with Gasteiger partial charge in [-0.25, -0.2) is 0 Å². The summed E-state index contributed by atoms with van der Waals surface area (Å²) in [5, 5.41) is 12.8. The highest BCUT2D eigenvalue weighted by molar-refractivity contribution is 4.85. The molecule has 0 spiro atoms. The summed E-state index contributed by atoms with van der Waals surface area (Å²) in [4.78, 5) is 0. The Kier molecular flexibility index (Phi) is 4.90. The van der Waals surface area contributed by atoms with Gasteiger partial charge in [-0.1, -0.05) is 26.7 Å². The van der Waals surface area contributed by atoms with Gasteiger partial charge in [0.05, 0.1) is 6.10 Å². The largest absolute Gasteiger partial charge is 0.392 e. The number of hydrogen-bond acceptors (Lipinski definition) is 2. The predicted octanol–water partition coefficient (Wildman–Crippen LogP) is 2.32. The second kappa shape index (κ2) is 5.72. The molecule has 2 nitrogen and oxygen atoms in total. The highest BCUT2D eigenvalue weighted by Crippen LogP contribution is 2.40. The molecule has 1 unspecified atom stereocenters. The molecular formula is C12H25NO. The molecule has 0 amide bonds. The van der Waals surface area contributed by atoms with Crippen LogP contribution >= 0.6 is 0 Å². The average Bonchev–Trinajstić information content (AvgIpc) is 2.67. The molecule has 1 aliphatic rings. The number of rotatable bonds is 6. The Bertz CT molecular complexity index is 152. The highest BCUT2D eigenvalue weighted by Gasteiger charge is 2.31. The van der Waals surface area contributed by atoms with Gasteiger partial charge in [0.2, 0.25) is 0 Å². The molecular weight excluding hydrogens is 174 g/mol. The molecule has 1 saturated carbocycles. The maximum absolute atomic E-state index is 9.43. The van der Waals surface area contributed by atoms with Crippen LogP contribution in [-0.4, -0.2) is 24.3 Å². The molecule has 1 atom stereocenters. The van der Waals surface area contributed by atoms with E-state index in [0.717, 1.165) is 19.5 Å². The SMILES string of the molecule is CCC(O)CNCC1(CC)CCCC1. The Labute approximate surface area is 88.1 Å². The minimum atomic E-state index is -0.162. The van der Waals surface area contributed by atoms with Crippen molar-refractivity contribution in [1.82, 2.24) is 5.32 Å². The van der Waals surface area contributed by atoms with E-state index in [-0.39, 0.29) is 6.10 Å². The normalized spacial score (nSPS) is 22.5. The van der Waals surface area contributed by atoms with Crippen molar-refractivity contribution in [2.24, 2.45) is 5.41 Å². The predicted molar refractivity (Wildman–Crippen MR) is 60.4 cm³/mol. The van der Waals surface area contributed by atoms with Crippen LogP contribution in [0.1, 0.15) is 52.4 Å². The summed E-state index contributed by atoms with van der Waals surface area (Å²) >= 11 is 0. The lowest BCUT2D eigenvalue weighted by molar-refractivity contribution is 0.157. The zero-order valence-electron chi connectivity index (χ0n) is 9.68. The smallest absolute Gasteiger partial charge is 0.0662 e. The van der Waals surface area contributed by atoms with Crippen LogP contribution in [0.4, 0.5) is 0 Å². The Morgan fingerprint density at radius 3 is 2.43 bits per heavy atom. The van der Waals surface area contributed by atoms with Crippen molar-refractivity contribution in [3.05, 3.63) is 0 Å². The molecule has 2 heteroatoms. The Hall–Kier alpha value is -0.0800. The fourth-order valence-corrected chi connectivity index (χ4v) is 2.43. The van der Waals surface area contributed by atoms with Crippen molar-refractivity contribution in [3.8, 4) is 0 Å². The topological polar surface area (TPSA) is 32.3 Å². The summed E-state index contributed by atoms with van der Waals surface area (Å²) in [7, 11) is 0. The number of aliphatic hydroxyl groups is 1. The molecule has 2 N–H and O–H groups in total. The molecule has 0 bridgehead atoms. The van der Waals surface area contributed by atoms with Gasteiger partial charge in [0.1, 0.15) is 0 Å². The van der Waals surface area contributed by atoms with E-state index >= 15 is 0 Å². The summed E-state index contributed by atoms with van der Waals surface area (Å²) in [6.45, 7) is 6.18. The van der Waals surface area contributed by atoms with Gasteiger partial charge in [-0.3, -0.25) is 0 Å². The summed E-state index contributed by atoms with van der Waals surface area (Å²) in [5.41, 5.74) is 0.549. The Morgan fingerprint density at radius 1 is 1.29 bits per heavy atom. The van der Waals surface area contributed by atoms with Crippen molar-refractivity contribution in [1.29, 1.82) is 0 Å². The Balaban J connectivity index is 2.21. The van der Waals surface area contributed by atoms with Gasteiger partial charge in [0, 0.05) is 13.1 Å². The van der Waals surface area contributed by atoms with E-state index in [1.54, 1.807) is 0 Å². The maximum atomic E-state index is 9.43. The molecule has 0 aliphatic heterocycles. The molecule has 1 aliphatic carbocycles. The van der Waals surface area contributed by atoms with Crippen molar-refractivity contribution in [3.63, 3.8) is 0 Å². The quantitative estimate of drug-likeness (QED) is 0.688. The fourth-order valence-electron chi connectivity index (χ4n) is 2.43. The molecule has 0 aromatic carbocycles. The van der Waals surface area contributed by atoms with Gasteiger partial charge in [-0.05, 0) is 31.1 Å². The van der Waals surface area contributed by atoms with Crippen LogP contribution in [0.2, 0.25) is 0 Å². The van der Waals surface area contributed by atoms with Gasteiger partial charge in [-0.2, -0.15) is 0 Å². The van der Waals surface area contributed by atoms with Crippen LogP contribution in [0, 0.1) is 5.41 Å². The van der Waals surface area contributed by atoms with Crippen LogP contribution in [-0.2, 0) is 0 Å². The van der Waals surface area contributed by atoms with Gasteiger partial charge >= 0.3 is 0 Å². The molecule has 14 heavy (non-hydrogen) atoms. The van der Waals surface area contributed by atoms with Crippen LogP contribution < -0.4 is 5.32 Å². The molecule has 0 heterocycles. The molecule has 1 rings (SSSR count). The monoisotopic (exact) mass is 199 g/mol. The summed E-state index contributed by atoms with van der Waals surface area (Å²) < 4.78 is 0. The van der Waals surface area contributed by atoms with Gasteiger partial charge in [0.25, 0.3) is 0 Å². The van der Waals surface area contributed by atoms with Crippen LogP contribution in [0.3, 0.4) is 0 Å². The number of nitrogens with one attached hydrogen (secondary N) is 1. The van der Waals surface area contributed by atoms with Crippen LogP contribution in [0.15, 0.2) is 0 Å². The summed E-state index contributed by atoms with van der Waals surface area (Å²) in [5.74, 6) is 0. The Morgan fingerprint density at radius 2 is 1.93 bits per heavy atom. The third-order valence-electron chi connectivity index (χ3n) is 3.77. The first-order valence-corrected chi connectivity index (χ1v) is 6.11.